The first-order chi connectivity index (χ1) is 9.24. The van der Waals surface area contributed by atoms with Crippen molar-refractivity contribution in [2.45, 2.75) is 44.8 Å². The lowest BCUT2D eigenvalue weighted by molar-refractivity contribution is 0.0511. The summed E-state index contributed by atoms with van der Waals surface area (Å²) in [4.78, 5) is 0. The Bertz CT molecular complexity index is 392. The average Bonchev–Trinajstić information content (AvgIpc) is 3.21. The van der Waals surface area contributed by atoms with Crippen LogP contribution in [0.15, 0.2) is 28.7 Å². The van der Waals surface area contributed by atoms with Crippen LogP contribution < -0.4 is 5.32 Å². The summed E-state index contributed by atoms with van der Waals surface area (Å²) in [6, 6.07) is 9.01. The van der Waals surface area contributed by atoms with Gasteiger partial charge in [-0.1, -0.05) is 35.0 Å². The van der Waals surface area contributed by atoms with Gasteiger partial charge in [-0.15, -0.1) is 0 Å². The van der Waals surface area contributed by atoms with E-state index in [1.54, 1.807) is 0 Å². The summed E-state index contributed by atoms with van der Waals surface area (Å²) in [6.07, 6.45) is 5.19. The molecule has 0 heterocycles. The highest BCUT2D eigenvalue weighted by atomic mass is 79.9. The molecule has 2 rings (SSSR count). The third-order valence-corrected chi connectivity index (χ3v) is 4.25. The lowest BCUT2D eigenvalue weighted by Gasteiger charge is -2.27. The van der Waals surface area contributed by atoms with Crippen LogP contribution in [0.4, 0.5) is 0 Å². The van der Waals surface area contributed by atoms with Gasteiger partial charge in [-0.3, -0.25) is 0 Å². The molecule has 1 fully saturated rings. The standard InChI is InChI=1S/C16H24BrNO/c1-3-9-18-15(16(19-2)13-7-8-13)11-12-5-4-6-14(17)10-12/h4-6,10,13,15-16,18H,3,7-9,11H2,1-2H3. The molecule has 0 amide bonds. The van der Waals surface area contributed by atoms with Gasteiger partial charge in [0.25, 0.3) is 0 Å². The molecule has 0 spiro atoms. The minimum Gasteiger partial charge on any atom is -0.380 e. The fourth-order valence-corrected chi connectivity index (χ4v) is 3.11. The number of benzene rings is 1. The van der Waals surface area contributed by atoms with E-state index in [1.807, 2.05) is 7.11 Å². The highest BCUT2D eigenvalue weighted by molar-refractivity contribution is 9.10. The normalized spacial score (nSPS) is 18.3. The minimum absolute atomic E-state index is 0.352. The van der Waals surface area contributed by atoms with Crippen molar-refractivity contribution >= 4 is 15.9 Å². The molecule has 1 aliphatic rings. The van der Waals surface area contributed by atoms with Crippen molar-refractivity contribution in [1.82, 2.24) is 5.32 Å². The first kappa shape index (κ1) is 15.0. The number of methoxy groups -OCH3 is 1. The van der Waals surface area contributed by atoms with E-state index in [0.717, 1.165) is 29.8 Å². The van der Waals surface area contributed by atoms with E-state index in [2.05, 4.69) is 52.4 Å². The van der Waals surface area contributed by atoms with Crippen LogP contribution in [0.5, 0.6) is 0 Å². The molecule has 3 heteroatoms. The third-order valence-electron chi connectivity index (χ3n) is 3.76. The van der Waals surface area contributed by atoms with Crippen LogP contribution in [-0.2, 0) is 11.2 Å². The zero-order valence-electron chi connectivity index (χ0n) is 11.9. The highest BCUT2D eigenvalue weighted by Crippen LogP contribution is 2.36. The van der Waals surface area contributed by atoms with Gasteiger partial charge in [0.15, 0.2) is 0 Å². The van der Waals surface area contributed by atoms with Crippen LogP contribution in [0.3, 0.4) is 0 Å². The van der Waals surface area contributed by atoms with Gasteiger partial charge in [-0.05, 0) is 55.8 Å². The van der Waals surface area contributed by atoms with Crippen molar-refractivity contribution in [2.75, 3.05) is 13.7 Å². The predicted octanol–water partition coefficient (Wildman–Crippen LogP) is 3.78. The van der Waals surface area contributed by atoms with E-state index in [9.17, 15) is 0 Å². The molecule has 1 aliphatic carbocycles. The Hall–Kier alpha value is -0.380. The summed E-state index contributed by atoms with van der Waals surface area (Å²) in [7, 11) is 1.85. The van der Waals surface area contributed by atoms with Gasteiger partial charge in [-0.25, -0.2) is 0 Å². The topological polar surface area (TPSA) is 21.3 Å². The fraction of sp³-hybridized carbons (Fsp3) is 0.625. The van der Waals surface area contributed by atoms with Crippen LogP contribution in [0, 0.1) is 5.92 Å². The van der Waals surface area contributed by atoms with Gasteiger partial charge in [-0.2, -0.15) is 0 Å². The van der Waals surface area contributed by atoms with Crippen molar-refractivity contribution in [1.29, 1.82) is 0 Å². The van der Waals surface area contributed by atoms with Crippen molar-refractivity contribution in [3.8, 4) is 0 Å². The van der Waals surface area contributed by atoms with E-state index in [0.29, 0.717) is 12.1 Å². The monoisotopic (exact) mass is 325 g/mol. The lowest BCUT2D eigenvalue weighted by Crippen LogP contribution is -2.44. The lowest BCUT2D eigenvalue weighted by atomic mass is 9.98. The minimum atomic E-state index is 0.352. The Morgan fingerprint density at radius 1 is 1.42 bits per heavy atom. The largest absolute Gasteiger partial charge is 0.380 e. The molecule has 1 N–H and O–H groups in total. The second-order valence-electron chi connectivity index (χ2n) is 5.43. The summed E-state index contributed by atoms with van der Waals surface area (Å²) >= 11 is 3.55. The van der Waals surface area contributed by atoms with Crippen molar-refractivity contribution in [3.63, 3.8) is 0 Å². The van der Waals surface area contributed by atoms with Gasteiger partial charge < -0.3 is 10.1 Å². The molecule has 19 heavy (non-hydrogen) atoms. The molecule has 0 bridgehead atoms. The maximum Gasteiger partial charge on any atom is 0.0755 e. The van der Waals surface area contributed by atoms with Crippen LogP contribution in [0.1, 0.15) is 31.7 Å². The zero-order valence-corrected chi connectivity index (χ0v) is 13.4. The number of rotatable bonds is 8. The molecule has 0 aromatic heterocycles. The number of nitrogens with one attached hydrogen (secondary N) is 1. The van der Waals surface area contributed by atoms with Gasteiger partial charge >= 0.3 is 0 Å². The van der Waals surface area contributed by atoms with E-state index >= 15 is 0 Å². The van der Waals surface area contributed by atoms with Crippen LogP contribution in [0.2, 0.25) is 0 Å². The van der Waals surface area contributed by atoms with Gasteiger partial charge in [0.1, 0.15) is 0 Å². The maximum atomic E-state index is 5.76. The number of hydrogen-bond acceptors (Lipinski definition) is 2. The Morgan fingerprint density at radius 2 is 2.21 bits per heavy atom. The SMILES string of the molecule is CCCNC(Cc1cccc(Br)c1)C(OC)C1CC1. The molecular weight excluding hydrogens is 302 g/mol. The molecule has 0 saturated heterocycles. The summed E-state index contributed by atoms with van der Waals surface area (Å²) in [6.45, 7) is 3.27. The fourth-order valence-electron chi connectivity index (χ4n) is 2.66. The summed E-state index contributed by atoms with van der Waals surface area (Å²) in [5, 5.41) is 3.67. The molecule has 2 unspecified atom stereocenters. The molecule has 1 aromatic carbocycles. The van der Waals surface area contributed by atoms with E-state index in [4.69, 9.17) is 4.74 Å². The molecule has 106 valence electrons. The van der Waals surface area contributed by atoms with Crippen LogP contribution in [0.25, 0.3) is 0 Å². The van der Waals surface area contributed by atoms with Crippen LogP contribution in [-0.4, -0.2) is 25.8 Å². The van der Waals surface area contributed by atoms with Gasteiger partial charge in [0.05, 0.1) is 6.10 Å². The third kappa shape index (κ3) is 4.59. The number of ether oxygens (including phenoxy) is 1. The predicted molar refractivity (Wildman–Crippen MR) is 83.4 cm³/mol. The average molecular weight is 326 g/mol. The van der Waals surface area contributed by atoms with Crippen molar-refractivity contribution in [2.24, 2.45) is 5.92 Å². The molecule has 2 nitrogen and oxygen atoms in total. The summed E-state index contributed by atoms with van der Waals surface area (Å²) in [5.41, 5.74) is 1.37. The Morgan fingerprint density at radius 3 is 2.79 bits per heavy atom. The van der Waals surface area contributed by atoms with Crippen molar-refractivity contribution < 1.29 is 4.74 Å². The number of halogens is 1. The second kappa shape index (κ2) is 7.41. The van der Waals surface area contributed by atoms with Gasteiger partial charge in [0.2, 0.25) is 0 Å². The second-order valence-corrected chi connectivity index (χ2v) is 6.35. The smallest absolute Gasteiger partial charge is 0.0755 e. The van der Waals surface area contributed by atoms with E-state index in [-0.39, 0.29) is 0 Å². The maximum absolute atomic E-state index is 5.76. The van der Waals surface area contributed by atoms with Gasteiger partial charge in [0, 0.05) is 17.6 Å². The first-order valence-electron chi connectivity index (χ1n) is 7.25. The van der Waals surface area contributed by atoms with Crippen molar-refractivity contribution in [3.05, 3.63) is 34.3 Å². The molecule has 0 radical (unpaired) electrons. The van der Waals surface area contributed by atoms with E-state index < -0.39 is 0 Å². The molecular formula is C16H24BrNO. The summed E-state index contributed by atoms with van der Waals surface area (Å²) in [5.74, 6) is 0.756. The quantitative estimate of drug-likeness (QED) is 0.785. The Labute approximate surface area is 125 Å². The molecule has 0 aliphatic heterocycles. The van der Waals surface area contributed by atoms with Crippen LogP contribution >= 0.6 is 15.9 Å². The molecule has 2 atom stereocenters. The molecule has 1 aromatic rings. The Balaban J connectivity index is 2.03. The molecule has 1 saturated carbocycles. The highest BCUT2D eigenvalue weighted by Gasteiger charge is 2.36. The number of hydrogen-bond donors (Lipinski definition) is 1. The Kier molecular flexibility index (Phi) is 5.86. The first-order valence-corrected chi connectivity index (χ1v) is 8.04. The van der Waals surface area contributed by atoms with E-state index in [1.165, 1.54) is 18.4 Å². The summed E-state index contributed by atoms with van der Waals surface area (Å²) < 4.78 is 6.91. The zero-order chi connectivity index (χ0) is 13.7.